The molecule has 0 fully saturated rings. The first kappa shape index (κ1) is 20.0. The molecule has 11 heteroatoms. The van der Waals surface area contributed by atoms with Crippen LogP contribution in [0.5, 0.6) is 0 Å². The largest absolute Gasteiger partial charge is 0.384 e. The zero-order valence-corrected chi connectivity index (χ0v) is 17.1. The van der Waals surface area contributed by atoms with Gasteiger partial charge in [0.1, 0.15) is 12.4 Å². The van der Waals surface area contributed by atoms with Crippen LogP contribution in [0.1, 0.15) is 11.4 Å². The Hall–Kier alpha value is -4.25. The second-order valence-electron chi connectivity index (χ2n) is 7.03. The predicted octanol–water partition coefficient (Wildman–Crippen LogP) is 0.555. The summed E-state index contributed by atoms with van der Waals surface area (Å²) < 4.78 is 2.43. The van der Waals surface area contributed by atoms with Crippen LogP contribution in [0.3, 0.4) is 0 Å². The lowest BCUT2D eigenvalue weighted by Gasteiger charge is -2.13. The van der Waals surface area contributed by atoms with Crippen LogP contribution >= 0.6 is 0 Å². The van der Waals surface area contributed by atoms with E-state index in [0.717, 1.165) is 22.5 Å². The Bertz CT molecular complexity index is 1330. The third-order valence-corrected chi connectivity index (χ3v) is 4.69. The SMILES string of the molecule is Cc1cc(-c2c(-c3ccccc3)nc(N)n3c(=O)n(C/C(N)=N/NN)nc23)cc(C)n1. The molecule has 0 spiro atoms. The van der Waals surface area contributed by atoms with Crippen molar-refractivity contribution in [2.45, 2.75) is 20.4 Å². The molecule has 158 valence electrons. The van der Waals surface area contributed by atoms with Crippen molar-refractivity contribution in [3.05, 3.63) is 64.3 Å². The molecule has 31 heavy (non-hydrogen) atoms. The predicted molar refractivity (Wildman–Crippen MR) is 119 cm³/mol. The molecule has 0 aliphatic heterocycles. The van der Waals surface area contributed by atoms with Crippen molar-refractivity contribution in [1.29, 1.82) is 0 Å². The second-order valence-corrected chi connectivity index (χ2v) is 7.03. The Morgan fingerprint density at radius 3 is 2.42 bits per heavy atom. The van der Waals surface area contributed by atoms with E-state index >= 15 is 0 Å². The molecule has 0 aliphatic rings. The normalized spacial score (nSPS) is 11.8. The average molecular weight is 418 g/mol. The summed E-state index contributed by atoms with van der Waals surface area (Å²) in [6.07, 6.45) is 0. The molecule has 3 aromatic heterocycles. The summed E-state index contributed by atoms with van der Waals surface area (Å²) in [4.78, 5) is 22.0. The van der Waals surface area contributed by atoms with Crippen LogP contribution < -0.4 is 28.5 Å². The van der Waals surface area contributed by atoms with Gasteiger partial charge in [0.15, 0.2) is 5.65 Å². The number of amidine groups is 1. The minimum atomic E-state index is -0.487. The number of nitrogens with two attached hydrogens (primary N) is 3. The summed E-state index contributed by atoms with van der Waals surface area (Å²) in [6.45, 7) is 3.74. The second kappa shape index (κ2) is 7.88. The molecule has 4 rings (SSSR count). The quantitative estimate of drug-likeness (QED) is 0.158. The Balaban J connectivity index is 2.08. The average Bonchev–Trinajstić information content (AvgIpc) is 3.04. The molecule has 4 aromatic rings. The highest BCUT2D eigenvalue weighted by Crippen LogP contribution is 2.34. The van der Waals surface area contributed by atoms with Gasteiger partial charge in [-0.25, -0.2) is 30.2 Å². The zero-order valence-electron chi connectivity index (χ0n) is 17.1. The minimum absolute atomic E-state index is 0.0174. The van der Waals surface area contributed by atoms with Crippen LogP contribution in [0, 0.1) is 13.8 Å². The summed E-state index contributed by atoms with van der Waals surface area (Å²) in [7, 11) is 0. The molecule has 0 amide bonds. The number of hydrogen-bond acceptors (Lipinski definition) is 8. The van der Waals surface area contributed by atoms with Gasteiger partial charge in [-0.3, -0.25) is 4.98 Å². The zero-order chi connectivity index (χ0) is 22.1. The Kier molecular flexibility index (Phi) is 5.09. The third kappa shape index (κ3) is 3.69. The molecule has 7 N–H and O–H groups in total. The summed E-state index contributed by atoms with van der Waals surface area (Å²) in [6, 6.07) is 13.4. The highest BCUT2D eigenvalue weighted by Gasteiger charge is 2.22. The van der Waals surface area contributed by atoms with E-state index < -0.39 is 5.69 Å². The van der Waals surface area contributed by atoms with E-state index in [1.165, 1.54) is 9.08 Å². The lowest BCUT2D eigenvalue weighted by molar-refractivity contribution is 0.679. The number of hydrazine groups is 1. The van der Waals surface area contributed by atoms with E-state index in [0.29, 0.717) is 16.9 Å². The van der Waals surface area contributed by atoms with Gasteiger partial charge < -0.3 is 11.5 Å². The van der Waals surface area contributed by atoms with E-state index in [1.54, 1.807) is 0 Å². The van der Waals surface area contributed by atoms with Crippen LogP contribution in [0.15, 0.2) is 52.4 Å². The van der Waals surface area contributed by atoms with Gasteiger partial charge in [0.05, 0.1) is 11.3 Å². The van der Waals surface area contributed by atoms with E-state index in [4.69, 9.17) is 17.3 Å². The van der Waals surface area contributed by atoms with E-state index in [1.807, 2.05) is 56.3 Å². The smallest absolute Gasteiger partial charge is 0.353 e. The number of nitrogens with one attached hydrogen (secondary N) is 1. The van der Waals surface area contributed by atoms with Gasteiger partial charge in [-0.15, -0.1) is 5.10 Å². The third-order valence-electron chi connectivity index (χ3n) is 4.69. The molecule has 0 radical (unpaired) electrons. The van der Waals surface area contributed by atoms with Crippen molar-refractivity contribution in [1.82, 2.24) is 29.7 Å². The van der Waals surface area contributed by atoms with Crippen LogP contribution in [0.2, 0.25) is 0 Å². The lowest BCUT2D eigenvalue weighted by atomic mass is 9.99. The Morgan fingerprint density at radius 1 is 1.10 bits per heavy atom. The Morgan fingerprint density at radius 2 is 1.77 bits per heavy atom. The summed E-state index contributed by atoms with van der Waals surface area (Å²) in [5.74, 6) is 5.27. The fourth-order valence-electron chi connectivity index (χ4n) is 3.53. The monoisotopic (exact) mass is 418 g/mol. The van der Waals surface area contributed by atoms with Gasteiger partial charge in [0.25, 0.3) is 0 Å². The number of fused-ring (bicyclic) bond motifs is 1. The molecule has 1 aromatic carbocycles. The van der Waals surface area contributed by atoms with Crippen LogP contribution in [-0.4, -0.2) is 30.0 Å². The number of benzene rings is 1. The maximum atomic E-state index is 13.0. The van der Waals surface area contributed by atoms with Gasteiger partial charge in [-0.1, -0.05) is 30.3 Å². The van der Waals surface area contributed by atoms with E-state index in [9.17, 15) is 4.79 Å². The molecular weight excluding hydrogens is 396 g/mol. The summed E-state index contributed by atoms with van der Waals surface area (Å²) in [5, 5.41) is 8.20. The van der Waals surface area contributed by atoms with Crippen molar-refractivity contribution in [2.24, 2.45) is 16.7 Å². The van der Waals surface area contributed by atoms with Crippen molar-refractivity contribution < 1.29 is 0 Å². The van der Waals surface area contributed by atoms with E-state index in [2.05, 4.69) is 25.7 Å². The van der Waals surface area contributed by atoms with Gasteiger partial charge in [-0.2, -0.15) is 5.10 Å². The number of aryl methyl sites for hydroxylation is 2. The van der Waals surface area contributed by atoms with E-state index in [-0.39, 0.29) is 18.3 Å². The lowest BCUT2D eigenvalue weighted by Crippen LogP contribution is -2.31. The topological polar surface area (TPSA) is 168 Å². The van der Waals surface area contributed by atoms with Crippen molar-refractivity contribution in [3.8, 4) is 22.4 Å². The van der Waals surface area contributed by atoms with Crippen molar-refractivity contribution >= 4 is 17.4 Å². The molecule has 3 heterocycles. The number of aromatic nitrogens is 5. The molecule has 0 bridgehead atoms. The first-order chi connectivity index (χ1) is 14.9. The molecular formula is C20H22N10O. The minimum Gasteiger partial charge on any atom is -0.384 e. The van der Waals surface area contributed by atoms with Gasteiger partial charge in [0, 0.05) is 17.0 Å². The first-order valence-corrected chi connectivity index (χ1v) is 9.46. The maximum Gasteiger partial charge on any atom is 0.353 e. The first-order valence-electron chi connectivity index (χ1n) is 9.46. The number of hydrogen-bond donors (Lipinski definition) is 4. The number of rotatable bonds is 5. The molecule has 11 nitrogen and oxygen atoms in total. The van der Waals surface area contributed by atoms with Gasteiger partial charge in [0.2, 0.25) is 5.95 Å². The Labute approximate surface area is 177 Å². The number of pyridine rings is 1. The molecule has 0 unspecified atom stereocenters. The van der Waals surface area contributed by atoms with Crippen LogP contribution in [-0.2, 0) is 6.54 Å². The molecule has 0 saturated heterocycles. The van der Waals surface area contributed by atoms with Gasteiger partial charge in [-0.05, 0) is 31.5 Å². The number of nitrogens with zero attached hydrogens (tertiary/aromatic N) is 6. The highest BCUT2D eigenvalue weighted by atomic mass is 16.2. The van der Waals surface area contributed by atoms with Crippen LogP contribution in [0.4, 0.5) is 5.95 Å². The highest BCUT2D eigenvalue weighted by molar-refractivity contribution is 5.91. The standard InChI is InChI=1S/C20H22N10O/c1-11-8-14(9-12(2)24-11)16-17(13-6-4-3-5-7-13)25-19(22)30-18(16)27-29(20(30)31)10-15(21)26-28-23/h3-9,28H,10,23H2,1-2H3,(H2,21,26)(H2,22,25). The fourth-order valence-corrected chi connectivity index (χ4v) is 3.53. The van der Waals surface area contributed by atoms with Crippen LogP contribution in [0.25, 0.3) is 28.0 Å². The number of hydrazone groups is 1. The van der Waals surface area contributed by atoms with Crippen molar-refractivity contribution in [3.63, 3.8) is 0 Å². The molecule has 0 saturated carbocycles. The molecule has 0 aliphatic carbocycles. The summed E-state index contributed by atoms with van der Waals surface area (Å²) in [5.41, 5.74) is 18.6. The van der Waals surface area contributed by atoms with Crippen molar-refractivity contribution in [2.75, 3.05) is 5.73 Å². The summed E-state index contributed by atoms with van der Waals surface area (Å²) >= 11 is 0. The fraction of sp³-hybridized carbons (Fsp3) is 0.150. The number of nitrogen functional groups attached to an aromatic ring is 1. The number of anilines is 1. The maximum absolute atomic E-state index is 13.0. The molecule has 0 atom stereocenters. The van der Waals surface area contributed by atoms with Gasteiger partial charge >= 0.3 is 5.69 Å².